The third-order valence-electron chi connectivity index (χ3n) is 4.59. The monoisotopic (exact) mass is 338 g/mol. The molecule has 25 heavy (non-hydrogen) atoms. The predicted octanol–water partition coefficient (Wildman–Crippen LogP) is 3.48. The summed E-state index contributed by atoms with van der Waals surface area (Å²) >= 11 is 0. The van der Waals surface area contributed by atoms with Crippen LogP contribution in [0.25, 0.3) is 11.0 Å². The van der Waals surface area contributed by atoms with E-state index in [1.54, 1.807) is 12.1 Å². The Labute approximate surface area is 144 Å². The number of aryl methyl sites for hydroxylation is 2. The van der Waals surface area contributed by atoms with Crippen LogP contribution in [-0.2, 0) is 7.05 Å². The molecule has 2 aromatic carbocycles. The van der Waals surface area contributed by atoms with Gasteiger partial charge in [-0.3, -0.25) is 0 Å². The first-order valence-corrected chi connectivity index (χ1v) is 8.13. The van der Waals surface area contributed by atoms with Crippen LogP contribution in [0.2, 0.25) is 0 Å². The number of carboxylic acids is 1. The molecule has 1 N–H and O–H groups in total. The Morgan fingerprint density at radius 1 is 1.36 bits per heavy atom. The van der Waals surface area contributed by atoms with Gasteiger partial charge in [0.25, 0.3) is 0 Å². The van der Waals surface area contributed by atoms with Gasteiger partial charge in [0.05, 0.1) is 17.7 Å². The van der Waals surface area contributed by atoms with E-state index in [1.165, 1.54) is 0 Å². The molecule has 0 saturated carbocycles. The zero-order valence-corrected chi connectivity index (χ0v) is 14.0. The number of rotatable bonds is 3. The zero-order chi connectivity index (χ0) is 17.6. The summed E-state index contributed by atoms with van der Waals surface area (Å²) < 4.78 is 13.8. The molecule has 0 fully saturated rings. The number of aromatic carboxylic acids is 1. The number of fused-ring (bicyclic) bond motifs is 2. The molecule has 2 heterocycles. The third-order valence-corrected chi connectivity index (χ3v) is 4.59. The Morgan fingerprint density at radius 2 is 2.16 bits per heavy atom. The second-order valence-corrected chi connectivity index (χ2v) is 6.15. The fourth-order valence-corrected chi connectivity index (χ4v) is 3.17. The molecule has 4 rings (SSSR count). The molecule has 6 heteroatoms. The number of carbonyl (C=O) groups is 1. The number of nitrogens with zero attached hydrogens (tertiary/aromatic N) is 2. The summed E-state index contributed by atoms with van der Waals surface area (Å²) in [6.45, 7) is 2.44. The lowest BCUT2D eigenvalue weighted by molar-refractivity contribution is 0.0695. The summed E-state index contributed by atoms with van der Waals surface area (Å²) in [6.07, 6.45) is 0.501. The number of carboxylic acid groups (broad SMARTS) is 1. The Bertz CT molecular complexity index is 977. The van der Waals surface area contributed by atoms with E-state index < -0.39 is 5.97 Å². The SMILES string of the molecule is Cc1nc2c(OC3CCOc4ccccc43)cc(C(=O)O)cc2n1C. The summed E-state index contributed by atoms with van der Waals surface area (Å²) in [4.78, 5) is 16.0. The molecule has 0 spiro atoms. The highest BCUT2D eigenvalue weighted by Crippen LogP contribution is 2.37. The van der Waals surface area contributed by atoms with Gasteiger partial charge < -0.3 is 19.1 Å². The molecule has 0 amide bonds. The van der Waals surface area contributed by atoms with Gasteiger partial charge in [-0.25, -0.2) is 9.78 Å². The van der Waals surface area contributed by atoms with Crippen molar-refractivity contribution in [3.63, 3.8) is 0 Å². The first kappa shape index (κ1) is 15.5. The van der Waals surface area contributed by atoms with Crippen LogP contribution in [0, 0.1) is 6.92 Å². The van der Waals surface area contributed by atoms with Crippen molar-refractivity contribution in [1.29, 1.82) is 0 Å². The average Bonchev–Trinajstić information content (AvgIpc) is 2.90. The molecular formula is C19H18N2O4. The fourth-order valence-electron chi connectivity index (χ4n) is 3.17. The van der Waals surface area contributed by atoms with E-state index >= 15 is 0 Å². The van der Waals surface area contributed by atoms with Crippen molar-refractivity contribution in [2.45, 2.75) is 19.4 Å². The van der Waals surface area contributed by atoms with E-state index in [0.717, 1.165) is 22.7 Å². The van der Waals surface area contributed by atoms with Crippen molar-refractivity contribution in [2.75, 3.05) is 6.61 Å². The van der Waals surface area contributed by atoms with Crippen LogP contribution in [0.4, 0.5) is 0 Å². The van der Waals surface area contributed by atoms with E-state index in [2.05, 4.69) is 4.98 Å². The molecule has 0 saturated heterocycles. The van der Waals surface area contributed by atoms with Gasteiger partial charge in [0.2, 0.25) is 0 Å². The molecule has 1 aromatic heterocycles. The number of benzene rings is 2. The molecular weight excluding hydrogens is 320 g/mol. The Morgan fingerprint density at radius 3 is 2.96 bits per heavy atom. The smallest absolute Gasteiger partial charge is 0.335 e. The number of hydrogen-bond donors (Lipinski definition) is 1. The van der Waals surface area contributed by atoms with Crippen molar-refractivity contribution in [1.82, 2.24) is 9.55 Å². The summed E-state index contributed by atoms with van der Waals surface area (Å²) in [6, 6.07) is 10.9. The minimum atomic E-state index is -0.988. The minimum absolute atomic E-state index is 0.186. The highest BCUT2D eigenvalue weighted by atomic mass is 16.5. The average molecular weight is 338 g/mol. The topological polar surface area (TPSA) is 73.6 Å². The molecule has 0 radical (unpaired) electrons. The van der Waals surface area contributed by atoms with Gasteiger partial charge in [0.15, 0.2) is 0 Å². The van der Waals surface area contributed by atoms with Crippen LogP contribution < -0.4 is 9.47 Å². The van der Waals surface area contributed by atoms with Gasteiger partial charge in [0.1, 0.15) is 28.9 Å². The maximum atomic E-state index is 11.5. The van der Waals surface area contributed by atoms with E-state index in [4.69, 9.17) is 9.47 Å². The highest BCUT2D eigenvalue weighted by Gasteiger charge is 2.25. The van der Waals surface area contributed by atoms with Gasteiger partial charge >= 0.3 is 5.97 Å². The molecule has 1 atom stereocenters. The van der Waals surface area contributed by atoms with Crippen LogP contribution in [0.5, 0.6) is 11.5 Å². The fraction of sp³-hybridized carbons (Fsp3) is 0.263. The Hall–Kier alpha value is -3.02. The molecule has 0 aliphatic carbocycles. The van der Waals surface area contributed by atoms with Crippen molar-refractivity contribution in [3.8, 4) is 11.5 Å². The number of aromatic nitrogens is 2. The number of para-hydroxylation sites is 1. The largest absolute Gasteiger partial charge is 0.493 e. The second kappa shape index (κ2) is 5.81. The van der Waals surface area contributed by atoms with Crippen molar-refractivity contribution in [2.24, 2.45) is 7.05 Å². The molecule has 1 aliphatic heterocycles. The predicted molar refractivity (Wildman–Crippen MR) is 92.3 cm³/mol. The number of hydrogen-bond acceptors (Lipinski definition) is 4. The van der Waals surface area contributed by atoms with Crippen LogP contribution in [0.3, 0.4) is 0 Å². The lowest BCUT2D eigenvalue weighted by Gasteiger charge is -2.26. The lowest BCUT2D eigenvalue weighted by atomic mass is 10.0. The van der Waals surface area contributed by atoms with Gasteiger partial charge in [0, 0.05) is 19.0 Å². The van der Waals surface area contributed by atoms with Crippen molar-refractivity contribution >= 4 is 17.0 Å². The van der Waals surface area contributed by atoms with Crippen LogP contribution >= 0.6 is 0 Å². The molecule has 128 valence electrons. The van der Waals surface area contributed by atoms with Gasteiger partial charge in [-0.2, -0.15) is 0 Å². The second-order valence-electron chi connectivity index (χ2n) is 6.15. The van der Waals surface area contributed by atoms with E-state index in [9.17, 15) is 9.90 Å². The van der Waals surface area contributed by atoms with Crippen LogP contribution in [0.15, 0.2) is 36.4 Å². The van der Waals surface area contributed by atoms with Crippen LogP contribution in [-0.4, -0.2) is 27.2 Å². The number of ether oxygens (including phenoxy) is 2. The summed E-state index contributed by atoms with van der Waals surface area (Å²) in [7, 11) is 1.86. The van der Waals surface area contributed by atoms with Gasteiger partial charge in [-0.1, -0.05) is 18.2 Å². The summed E-state index contributed by atoms with van der Waals surface area (Å²) in [5, 5.41) is 9.42. The van der Waals surface area contributed by atoms with E-state index in [1.807, 2.05) is 42.8 Å². The summed E-state index contributed by atoms with van der Waals surface area (Å²) in [5.74, 6) is 1.11. The Kier molecular flexibility index (Phi) is 3.60. The Balaban J connectivity index is 1.82. The summed E-state index contributed by atoms with van der Waals surface area (Å²) in [5.41, 5.74) is 2.57. The van der Waals surface area contributed by atoms with Gasteiger partial charge in [-0.05, 0) is 25.1 Å². The standard InChI is InChI=1S/C19H18N2O4/c1-11-20-18-14(21(11)2)9-12(19(22)23)10-17(18)25-16-7-8-24-15-6-4-3-5-13(15)16/h3-6,9-10,16H,7-8H2,1-2H3,(H,22,23). The van der Waals surface area contributed by atoms with Gasteiger partial charge in [-0.15, -0.1) is 0 Å². The third kappa shape index (κ3) is 2.59. The maximum absolute atomic E-state index is 11.5. The number of imidazole rings is 1. The molecule has 6 nitrogen and oxygen atoms in total. The first-order chi connectivity index (χ1) is 12.0. The van der Waals surface area contributed by atoms with E-state index in [0.29, 0.717) is 24.3 Å². The molecule has 3 aromatic rings. The molecule has 1 unspecified atom stereocenters. The quantitative estimate of drug-likeness (QED) is 0.791. The molecule has 1 aliphatic rings. The zero-order valence-electron chi connectivity index (χ0n) is 14.0. The lowest BCUT2D eigenvalue weighted by Crippen LogP contribution is -2.18. The van der Waals surface area contributed by atoms with Crippen molar-refractivity contribution in [3.05, 3.63) is 53.3 Å². The minimum Gasteiger partial charge on any atom is -0.493 e. The first-order valence-electron chi connectivity index (χ1n) is 8.13. The highest BCUT2D eigenvalue weighted by molar-refractivity contribution is 5.95. The van der Waals surface area contributed by atoms with Crippen LogP contribution in [0.1, 0.15) is 34.3 Å². The van der Waals surface area contributed by atoms with E-state index in [-0.39, 0.29) is 11.7 Å². The molecule has 0 bridgehead atoms. The van der Waals surface area contributed by atoms with Crippen molar-refractivity contribution < 1.29 is 19.4 Å². The normalized spacial score (nSPS) is 16.3. The maximum Gasteiger partial charge on any atom is 0.335 e.